The van der Waals surface area contributed by atoms with Crippen molar-refractivity contribution in [3.8, 4) is 17.0 Å². The average Bonchev–Trinajstić information content (AvgIpc) is 3.26. The summed E-state index contributed by atoms with van der Waals surface area (Å²) in [6, 6.07) is 11.7. The maximum atomic E-state index is 14.5. The Kier molecular flexibility index (Phi) is 7.17. The number of rotatable bonds is 7. The van der Waals surface area contributed by atoms with Crippen molar-refractivity contribution in [2.75, 3.05) is 10.6 Å². The number of carbonyl (C=O) groups excluding carboxylic acids is 2. The molecule has 0 atom stereocenters. The molecule has 0 saturated carbocycles. The second kappa shape index (κ2) is 10.4. The Bertz CT molecular complexity index is 1370. The lowest BCUT2D eigenvalue weighted by atomic mass is 10.1. The number of aromatic nitrogens is 2. The predicted octanol–water partition coefficient (Wildman–Crippen LogP) is 5.75. The number of carbonyl (C=O) groups is 2. The van der Waals surface area contributed by atoms with Crippen LogP contribution in [0.25, 0.3) is 11.3 Å². The lowest BCUT2D eigenvalue weighted by molar-refractivity contribution is -0.114. The van der Waals surface area contributed by atoms with Crippen LogP contribution in [-0.2, 0) is 11.4 Å². The van der Waals surface area contributed by atoms with Crippen molar-refractivity contribution in [1.29, 1.82) is 0 Å². The van der Waals surface area contributed by atoms with E-state index < -0.39 is 5.82 Å². The van der Waals surface area contributed by atoms with Crippen LogP contribution in [0.15, 0.2) is 60.2 Å². The molecule has 0 fully saturated rings. The minimum Gasteiger partial charge on any atom is -0.488 e. The van der Waals surface area contributed by atoms with Gasteiger partial charge in [0.1, 0.15) is 18.2 Å². The van der Waals surface area contributed by atoms with E-state index in [2.05, 4.69) is 20.6 Å². The molecule has 2 aromatic carbocycles. The number of aryl methyl sites for hydroxylation is 2. The van der Waals surface area contributed by atoms with Gasteiger partial charge in [0.25, 0.3) is 5.91 Å². The van der Waals surface area contributed by atoms with Crippen LogP contribution in [0.4, 0.5) is 15.2 Å². The zero-order valence-electron chi connectivity index (χ0n) is 19.4. The quantitative estimate of drug-likeness (QED) is 0.344. The maximum absolute atomic E-state index is 14.5. The third kappa shape index (κ3) is 5.88. The fraction of sp³-hybridized carbons (Fsp3) is 0.154. The van der Waals surface area contributed by atoms with Crippen LogP contribution in [0.2, 0.25) is 0 Å². The number of nitrogens with zero attached hydrogens (tertiary/aromatic N) is 2. The number of thiazole rings is 1. The van der Waals surface area contributed by atoms with Crippen LogP contribution in [-0.4, -0.2) is 21.8 Å². The maximum Gasteiger partial charge on any atom is 0.257 e. The number of pyridine rings is 1. The Balaban J connectivity index is 1.45. The van der Waals surface area contributed by atoms with Gasteiger partial charge in [-0.3, -0.25) is 19.9 Å². The van der Waals surface area contributed by atoms with Crippen LogP contribution in [0, 0.1) is 19.7 Å². The summed E-state index contributed by atoms with van der Waals surface area (Å²) in [5, 5.41) is 7.33. The van der Waals surface area contributed by atoms with E-state index in [0.717, 1.165) is 22.4 Å². The molecule has 0 saturated heterocycles. The molecular formula is C26H23FN4O3S. The van der Waals surface area contributed by atoms with Crippen molar-refractivity contribution >= 4 is 34.0 Å². The molecule has 0 radical (unpaired) electrons. The summed E-state index contributed by atoms with van der Waals surface area (Å²) in [5.41, 5.74) is 4.12. The van der Waals surface area contributed by atoms with Gasteiger partial charge in [-0.05, 0) is 61.4 Å². The minimum atomic E-state index is -0.521. The molecule has 35 heavy (non-hydrogen) atoms. The lowest BCUT2D eigenvalue weighted by Gasteiger charge is -2.14. The number of nitrogens with one attached hydrogen (secondary N) is 2. The second-order valence-electron chi connectivity index (χ2n) is 7.96. The van der Waals surface area contributed by atoms with Gasteiger partial charge in [0, 0.05) is 47.1 Å². The average molecular weight is 491 g/mol. The molecule has 0 aliphatic heterocycles. The zero-order valence-corrected chi connectivity index (χ0v) is 20.2. The predicted molar refractivity (Wildman–Crippen MR) is 134 cm³/mol. The molecule has 178 valence electrons. The number of benzene rings is 2. The fourth-order valence-corrected chi connectivity index (χ4v) is 4.28. The van der Waals surface area contributed by atoms with Crippen LogP contribution in [0.1, 0.15) is 34.0 Å². The molecule has 7 nitrogen and oxygen atoms in total. The Labute approximate surface area is 206 Å². The van der Waals surface area contributed by atoms with Gasteiger partial charge in [0.15, 0.2) is 5.13 Å². The van der Waals surface area contributed by atoms with Gasteiger partial charge < -0.3 is 10.1 Å². The van der Waals surface area contributed by atoms with Gasteiger partial charge in [0.2, 0.25) is 5.91 Å². The molecule has 0 spiro atoms. The Morgan fingerprint density at radius 2 is 1.86 bits per heavy atom. The molecule has 2 heterocycles. The third-order valence-electron chi connectivity index (χ3n) is 5.12. The first kappa shape index (κ1) is 24.0. The highest BCUT2D eigenvalue weighted by atomic mass is 32.1. The number of ether oxygens (including phenoxy) is 1. The van der Waals surface area contributed by atoms with E-state index in [0.29, 0.717) is 28.7 Å². The molecule has 4 aromatic rings. The SMILES string of the molecule is CC(=O)Nc1ccc(-c2csc(NC(=O)c3cc(C)c(OCc4cccnc4)c(C)c3)n2)c(F)c1. The highest BCUT2D eigenvalue weighted by molar-refractivity contribution is 7.14. The van der Waals surface area contributed by atoms with E-state index in [1.807, 2.05) is 26.0 Å². The van der Waals surface area contributed by atoms with Gasteiger partial charge >= 0.3 is 0 Å². The third-order valence-corrected chi connectivity index (χ3v) is 5.88. The highest BCUT2D eigenvalue weighted by Gasteiger charge is 2.16. The largest absolute Gasteiger partial charge is 0.488 e. The van der Waals surface area contributed by atoms with Crippen LogP contribution in [0.3, 0.4) is 0 Å². The molecule has 2 aromatic heterocycles. The van der Waals surface area contributed by atoms with Crippen LogP contribution >= 0.6 is 11.3 Å². The second-order valence-corrected chi connectivity index (χ2v) is 8.82. The summed E-state index contributed by atoms with van der Waals surface area (Å²) in [6.45, 7) is 5.51. The van der Waals surface area contributed by atoms with Crippen molar-refractivity contribution in [3.05, 3.63) is 88.3 Å². The Hall–Kier alpha value is -4.11. The monoisotopic (exact) mass is 490 g/mol. The molecule has 4 rings (SSSR count). The van der Waals surface area contributed by atoms with E-state index >= 15 is 0 Å². The van der Waals surface area contributed by atoms with Crippen molar-refractivity contribution in [3.63, 3.8) is 0 Å². The molecular weight excluding hydrogens is 467 g/mol. The molecule has 2 N–H and O–H groups in total. The molecule has 0 aliphatic carbocycles. The smallest absolute Gasteiger partial charge is 0.257 e. The standard InChI is InChI=1S/C26H23FN4O3S/c1-15-9-19(10-16(2)24(15)34-13-18-5-4-8-28-12-18)25(33)31-26-30-23(14-35-26)21-7-6-20(11-22(21)27)29-17(3)32/h4-12,14H,13H2,1-3H3,(H,29,32)(H,30,31,33). The van der Waals surface area contributed by atoms with E-state index in [9.17, 15) is 14.0 Å². The summed E-state index contributed by atoms with van der Waals surface area (Å²) in [4.78, 5) is 32.5. The summed E-state index contributed by atoms with van der Waals surface area (Å²) in [6.07, 6.45) is 3.46. The number of hydrogen-bond acceptors (Lipinski definition) is 6. The summed E-state index contributed by atoms with van der Waals surface area (Å²) >= 11 is 1.20. The minimum absolute atomic E-state index is 0.276. The van der Waals surface area contributed by atoms with Crippen LogP contribution in [0.5, 0.6) is 5.75 Å². The first-order valence-corrected chi connectivity index (χ1v) is 11.7. The van der Waals surface area contributed by atoms with Gasteiger partial charge in [-0.1, -0.05) is 6.07 Å². The molecule has 2 amide bonds. The van der Waals surface area contributed by atoms with Crippen LogP contribution < -0.4 is 15.4 Å². The van der Waals surface area contributed by atoms with Gasteiger partial charge in [0.05, 0.1) is 5.69 Å². The summed E-state index contributed by atoms with van der Waals surface area (Å²) < 4.78 is 20.5. The molecule has 9 heteroatoms. The van der Waals surface area contributed by atoms with E-state index in [1.165, 1.54) is 30.4 Å². The molecule has 0 unspecified atom stereocenters. The van der Waals surface area contributed by atoms with E-state index in [4.69, 9.17) is 4.74 Å². The highest BCUT2D eigenvalue weighted by Crippen LogP contribution is 2.30. The van der Waals surface area contributed by atoms with E-state index in [-0.39, 0.29) is 17.4 Å². The number of halogens is 1. The van der Waals surface area contributed by atoms with Gasteiger partial charge in [-0.2, -0.15) is 0 Å². The topological polar surface area (TPSA) is 93.2 Å². The van der Waals surface area contributed by atoms with Gasteiger partial charge in [-0.15, -0.1) is 11.3 Å². The summed E-state index contributed by atoms with van der Waals surface area (Å²) in [7, 11) is 0. The van der Waals surface area contributed by atoms with Crippen molar-refractivity contribution in [2.45, 2.75) is 27.4 Å². The number of hydrogen-bond donors (Lipinski definition) is 2. The summed E-state index contributed by atoms with van der Waals surface area (Å²) in [5.74, 6) is -0.403. The number of anilines is 2. The first-order chi connectivity index (χ1) is 16.8. The van der Waals surface area contributed by atoms with Crippen molar-refractivity contribution in [1.82, 2.24) is 9.97 Å². The zero-order chi connectivity index (χ0) is 24.9. The Morgan fingerprint density at radius 1 is 1.09 bits per heavy atom. The lowest BCUT2D eigenvalue weighted by Crippen LogP contribution is -2.13. The first-order valence-electron chi connectivity index (χ1n) is 10.8. The normalized spacial score (nSPS) is 10.6. The fourth-order valence-electron chi connectivity index (χ4n) is 3.58. The molecule has 0 bridgehead atoms. The van der Waals surface area contributed by atoms with E-state index in [1.54, 1.807) is 36.0 Å². The molecule has 0 aliphatic rings. The van der Waals surface area contributed by atoms with Gasteiger partial charge in [-0.25, -0.2) is 9.37 Å². The number of amides is 2. The van der Waals surface area contributed by atoms with Crippen molar-refractivity contribution in [2.24, 2.45) is 0 Å². The van der Waals surface area contributed by atoms with Crippen molar-refractivity contribution < 1.29 is 18.7 Å². The Morgan fingerprint density at radius 3 is 2.51 bits per heavy atom.